The van der Waals surface area contributed by atoms with Crippen LogP contribution in [0.5, 0.6) is 0 Å². The first kappa shape index (κ1) is 17.9. The molecule has 1 aromatic rings. The number of likely N-dealkylation sites (tertiary alicyclic amines) is 1. The van der Waals surface area contributed by atoms with Gasteiger partial charge in [0.25, 0.3) is 0 Å². The normalized spacial score (nSPS) is 17.3. The zero-order valence-electron chi connectivity index (χ0n) is 14.2. The molecule has 2 rings (SSSR count). The Morgan fingerprint density at radius 1 is 1.26 bits per heavy atom. The predicted octanol–water partition coefficient (Wildman–Crippen LogP) is 1.67. The number of hydrogen-bond donors (Lipinski definition) is 1. The molecule has 0 aliphatic carbocycles. The van der Waals surface area contributed by atoms with Crippen LogP contribution in [0.4, 0.5) is 0 Å². The molecule has 0 unspecified atom stereocenters. The van der Waals surface area contributed by atoms with Crippen molar-refractivity contribution in [3.05, 3.63) is 24.0 Å². The predicted molar refractivity (Wildman–Crippen MR) is 88.5 cm³/mol. The van der Waals surface area contributed by atoms with Crippen molar-refractivity contribution in [2.75, 3.05) is 13.1 Å². The van der Waals surface area contributed by atoms with Crippen LogP contribution in [-0.2, 0) is 20.2 Å². The van der Waals surface area contributed by atoms with Gasteiger partial charge in [0, 0.05) is 43.4 Å². The Morgan fingerprint density at radius 2 is 1.87 bits per heavy atom. The third kappa shape index (κ3) is 4.51. The molecule has 128 valence electrons. The highest BCUT2D eigenvalue weighted by Crippen LogP contribution is 2.21. The number of nitrogens with zero attached hydrogens (tertiary/aromatic N) is 2. The highest BCUT2D eigenvalue weighted by atomic mass is 32.2. The van der Waals surface area contributed by atoms with Gasteiger partial charge in [-0.15, -0.1) is 0 Å². The molecular formula is C16H25N3O3S. The average molecular weight is 339 g/mol. The monoisotopic (exact) mass is 339 g/mol. The van der Waals surface area contributed by atoms with Crippen LogP contribution in [0.1, 0.15) is 46.2 Å². The van der Waals surface area contributed by atoms with E-state index >= 15 is 0 Å². The van der Waals surface area contributed by atoms with Gasteiger partial charge in [0.05, 0.1) is 0 Å². The fourth-order valence-electron chi connectivity index (χ4n) is 2.58. The molecule has 0 atom stereocenters. The number of rotatable bonds is 3. The number of nitrogens with one attached hydrogen (secondary N) is 1. The zero-order chi connectivity index (χ0) is 17.3. The third-order valence-electron chi connectivity index (χ3n) is 4.08. The summed E-state index contributed by atoms with van der Waals surface area (Å²) in [6.07, 6.45) is 2.67. The van der Waals surface area contributed by atoms with Gasteiger partial charge in [-0.2, -0.15) is 0 Å². The molecule has 0 aromatic carbocycles. The number of piperidine rings is 1. The molecule has 0 saturated carbocycles. The van der Waals surface area contributed by atoms with E-state index in [9.17, 15) is 13.2 Å². The average Bonchev–Trinajstić information content (AvgIpc) is 2.46. The van der Waals surface area contributed by atoms with E-state index < -0.39 is 10.0 Å². The van der Waals surface area contributed by atoms with Gasteiger partial charge in [-0.25, -0.2) is 13.1 Å². The summed E-state index contributed by atoms with van der Waals surface area (Å²) < 4.78 is 27.6. The van der Waals surface area contributed by atoms with Gasteiger partial charge in [-0.05, 0) is 25.0 Å². The van der Waals surface area contributed by atoms with E-state index in [2.05, 4.69) is 9.71 Å². The largest absolute Gasteiger partial charge is 0.343 e. The fourth-order valence-corrected chi connectivity index (χ4v) is 3.83. The molecule has 2 heterocycles. The number of amides is 1. The molecule has 1 N–H and O–H groups in total. The lowest BCUT2D eigenvalue weighted by Gasteiger charge is -2.31. The first-order valence-electron chi connectivity index (χ1n) is 7.84. The van der Waals surface area contributed by atoms with Crippen molar-refractivity contribution < 1.29 is 13.2 Å². The number of carbonyl (C=O) groups is 1. The summed E-state index contributed by atoms with van der Waals surface area (Å²) in [5, 5.41) is 0. The Labute approximate surface area is 138 Å². The lowest BCUT2D eigenvalue weighted by atomic mass is 9.92. The van der Waals surface area contributed by atoms with Gasteiger partial charge >= 0.3 is 0 Å². The lowest BCUT2D eigenvalue weighted by molar-refractivity contribution is -0.129. The maximum atomic E-state index is 12.4. The number of sulfonamides is 1. The first-order chi connectivity index (χ1) is 10.6. The summed E-state index contributed by atoms with van der Waals surface area (Å²) >= 11 is 0. The molecule has 1 amide bonds. The second-order valence-electron chi connectivity index (χ2n) is 7.03. The number of carbonyl (C=O) groups excluding carboxylic acids is 1. The highest BCUT2D eigenvalue weighted by molar-refractivity contribution is 7.89. The van der Waals surface area contributed by atoms with E-state index in [1.165, 1.54) is 13.1 Å². The van der Waals surface area contributed by atoms with Crippen molar-refractivity contribution in [2.24, 2.45) is 0 Å². The van der Waals surface area contributed by atoms with Crippen molar-refractivity contribution in [3.8, 4) is 0 Å². The first-order valence-corrected chi connectivity index (χ1v) is 9.32. The molecule has 0 bridgehead atoms. The van der Waals surface area contributed by atoms with Crippen molar-refractivity contribution >= 4 is 15.9 Å². The minimum Gasteiger partial charge on any atom is -0.343 e. The smallest absolute Gasteiger partial charge is 0.242 e. The second kappa shape index (κ2) is 6.57. The molecular weight excluding hydrogens is 314 g/mol. The van der Waals surface area contributed by atoms with Crippen molar-refractivity contribution in [1.29, 1.82) is 0 Å². The van der Waals surface area contributed by atoms with E-state index in [1.54, 1.807) is 17.0 Å². The van der Waals surface area contributed by atoms with E-state index in [-0.39, 0.29) is 22.3 Å². The molecule has 0 radical (unpaired) electrons. The molecule has 1 fully saturated rings. The van der Waals surface area contributed by atoms with Crippen LogP contribution in [0.25, 0.3) is 0 Å². The van der Waals surface area contributed by atoms with Gasteiger partial charge in [-0.3, -0.25) is 9.78 Å². The Bertz CT molecular complexity index is 655. The summed E-state index contributed by atoms with van der Waals surface area (Å²) in [6, 6.07) is 3.21. The third-order valence-corrected chi connectivity index (χ3v) is 5.58. The maximum absolute atomic E-state index is 12.4. The number of aromatic nitrogens is 1. The van der Waals surface area contributed by atoms with Crippen molar-refractivity contribution in [2.45, 2.75) is 56.9 Å². The molecule has 0 spiro atoms. The zero-order valence-corrected chi connectivity index (χ0v) is 15.0. The van der Waals surface area contributed by atoms with E-state index in [1.807, 2.05) is 20.8 Å². The Kier molecular flexibility index (Phi) is 5.10. The number of hydrogen-bond acceptors (Lipinski definition) is 4. The van der Waals surface area contributed by atoms with Crippen LogP contribution in [0, 0.1) is 0 Å². The second-order valence-corrected chi connectivity index (χ2v) is 8.74. The Balaban J connectivity index is 2.04. The topological polar surface area (TPSA) is 79.4 Å². The highest BCUT2D eigenvalue weighted by Gasteiger charge is 2.26. The quantitative estimate of drug-likeness (QED) is 0.908. The summed E-state index contributed by atoms with van der Waals surface area (Å²) in [4.78, 5) is 17.5. The Morgan fingerprint density at radius 3 is 2.30 bits per heavy atom. The van der Waals surface area contributed by atoms with Crippen LogP contribution in [0.2, 0.25) is 0 Å². The standard InChI is InChI=1S/C16H25N3O3S/c1-12(20)19-9-7-13(8-10-19)18-23(21,22)14-5-6-15(17-11-14)16(2,3)4/h5-6,11,13,18H,7-10H2,1-4H3. The fraction of sp³-hybridized carbons (Fsp3) is 0.625. The van der Waals surface area contributed by atoms with E-state index in [4.69, 9.17) is 0 Å². The van der Waals surface area contributed by atoms with Crippen LogP contribution in [0.15, 0.2) is 23.2 Å². The van der Waals surface area contributed by atoms with Crippen molar-refractivity contribution in [1.82, 2.24) is 14.6 Å². The van der Waals surface area contributed by atoms with Crippen LogP contribution in [-0.4, -0.2) is 43.3 Å². The molecule has 1 aliphatic rings. The summed E-state index contributed by atoms with van der Waals surface area (Å²) in [5.41, 5.74) is 0.737. The van der Waals surface area contributed by atoms with Gasteiger partial charge in [0.1, 0.15) is 4.90 Å². The summed E-state index contributed by atoms with van der Waals surface area (Å²) in [6.45, 7) is 8.81. The van der Waals surface area contributed by atoms with Crippen LogP contribution < -0.4 is 4.72 Å². The molecule has 1 aromatic heterocycles. The molecule has 1 saturated heterocycles. The van der Waals surface area contributed by atoms with Gasteiger partial charge < -0.3 is 4.90 Å². The summed E-state index contributed by atoms with van der Waals surface area (Å²) in [5.74, 6) is 0.0354. The minimum atomic E-state index is -3.58. The van der Waals surface area contributed by atoms with Crippen molar-refractivity contribution in [3.63, 3.8) is 0 Å². The van der Waals surface area contributed by atoms with E-state index in [0.29, 0.717) is 25.9 Å². The van der Waals surface area contributed by atoms with Crippen LogP contribution >= 0.6 is 0 Å². The minimum absolute atomic E-state index is 0.0354. The SMILES string of the molecule is CC(=O)N1CCC(NS(=O)(=O)c2ccc(C(C)(C)C)nc2)CC1. The van der Waals surface area contributed by atoms with Gasteiger partial charge in [0.15, 0.2) is 0 Å². The number of pyridine rings is 1. The van der Waals surface area contributed by atoms with E-state index in [0.717, 1.165) is 5.69 Å². The van der Waals surface area contributed by atoms with Gasteiger partial charge in [-0.1, -0.05) is 20.8 Å². The van der Waals surface area contributed by atoms with Gasteiger partial charge in [0.2, 0.25) is 15.9 Å². The van der Waals surface area contributed by atoms with Crippen LogP contribution in [0.3, 0.4) is 0 Å². The molecule has 6 nitrogen and oxygen atoms in total. The lowest BCUT2D eigenvalue weighted by Crippen LogP contribution is -2.45. The molecule has 1 aliphatic heterocycles. The molecule has 7 heteroatoms. The summed E-state index contributed by atoms with van der Waals surface area (Å²) in [7, 11) is -3.58. The Hall–Kier alpha value is -1.47. The maximum Gasteiger partial charge on any atom is 0.242 e. The molecule has 23 heavy (non-hydrogen) atoms.